The molecule has 0 spiro atoms. The van der Waals surface area contributed by atoms with Crippen molar-refractivity contribution in [1.29, 1.82) is 0 Å². The van der Waals surface area contributed by atoms with E-state index in [-0.39, 0.29) is 11.8 Å². The van der Waals surface area contributed by atoms with Gasteiger partial charge >= 0.3 is 0 Å². The SMILES string of the molecule is CC(C)C(C)C(=O)N(Cc1cccc(N)c1)C1CC1. The Bertz CT molecular complexity index is 452. The number of anilines is 1. The van der Waals surface area contributed by atoms with Crippen LogP contribution in [-0.4, -0.2) is 16.8 Å². The fraction of sp³-hybridized carbons (Fsp3) is 0.562. The molecule has 0 radical (unpaired) electrons. The summed E-state index contributed by atoms with van der Waals surface area (Å²) in [6.07, 6.45) is 2.28. The molecule has 3 heteroatoms. The van der Waals surface area contributed by atoms with Gasteiger partial charge in [0.2, 0.25) is 5.91 Å². The Kier molecular flexibility index (Phi) is 4.13. The van der Waals surface area contributed by atoms with Gasteiger partial charge in [-0.3, -0.25) is 4.79 Å². The number of carbonyl (C=O) groups is 1. The number of benzene rings is 1. The molecule has 1 fully saturated rings. The molecule has 1 aliphatic carbocycles. The van der Waals surface area contributed by atoms with Crippen LogP contribution >= 0.6 is 0 Å². The van der Waals surface area contributed by atoms with E-state index < -0.39 is 0 Å². The van der Waals surface area contributed by atoms with Gasteiger partial charge in [0.1, 0.15) is 0 Å². The molecule has 1 atom stereocenters. The highest BCUT2D eigenvalue weighted by Crippen LogP contribution is 2.31. The molecule has 2 rings (SSSR count). The van der Waals surface area contributed by atoms with Gasteiger partial charge in [0.15, 0.2) is 0 Å². The zero-order valence-electron chi connectivity index (χ0n) is 12.1. The highest BCUT2D eigenvalue weighted by atomic mass is 16.2. The highest BCUT2D eigenvalue weighted by Gasteiger charge is 2.35. The van der Waals surface area contributed by atoms with Crippen LogP contribution in [0, 0.1) is 11.8 Å². The normalized spacial score (nSPS) is 16.4. The molecule has 3 nitrogen and oxygen atoms in total. The lowest BCUT2D eigenvalue weighted by Crippen LogP contribution is -2.38. The first kappa shape index (κ1) is 13.9. The second-order valence-corrected chi connectivity index (χ2v) is 5.98. The maximum Gasteiger partial charge on any atom is 0.226 e. The lowest BCUT2D eigenvalue weighted by atomic mass is 9.96. The van der Waals surface area contributed by atoms with E-state index in [1.807, 2.05) is 36.1 Å². The Labute approximate surface area is 115 Å². The van der Waals surface area contributed by atoms with Crippen molar-refractivity contribution in [1.82, 2.24) is 4.90 Å². The molecule has 19 heavy (non-hydrogen) atoms. The highest BCUT2D eigenvalue weighted by molar-refractivity contribution is 5.79. The first-order chi connectivity index (χ1) is 8.99. The lowest BCUT2D eigenvalue weighted by Gasteiger charge is -2.27. The van der Waals surface area contributed by atoms with E-state index in [1.165, 1.54) is 0 Å². The Morgan fingerprint density at radius 2 is 2.05 bits per heavy atom. The monoisotopic (exact) mass is 260 g/mol. The first-order valence-electron chi connectivity index (χ1n) is 7.14. The van der Waals surface area contributed by atoms with E-state index in [4.69, 9.17) is 5.73 Å². The molecule has 2 N–H and O–H groups in total. The molecular formula is C16H24N2O. The van der Waals surface area contributed by atoms with Crippen LogP contribution in [0.2, 0.25) is 0 Å². The number of rotatable bonds is 5. The first-order valence-corrected chi connectivity index (χ1v) is 7.14. The molecule has 0 heterocycles. The van der Waals surface area contributed by atoms with Gasteiger partial charge in [-0.1, -0.05) is 32.9 Å². The smallest absolute Gasteiger partial charge is 0.226 e. The molecule has 0 bridgehead atoms. The number of hydrogen-bond acceptors (Lipinski definition) is 2. The number of amides is 1. The molecule has 0 aromatic heterocycles. The van der Waals surface area contributed by atoms with E-state index in [0.29, 0.717) is 18.5 Å². The summed E-state index contributed by atoms with van der Waals surface area (Å²) in [4.78, 5) is 14.6. The predicted molar refractivity (Wildman–Crippen MR) is 78.4 cm³/mol. The van der Waals surface area contributed by atoms with Crippen LogP contribution in [0.3, 0.4) is 0 Å². The van der Waals surface area contributed by atoms with Crippen LogP contribution in [0.15, 0.2) is 24.3 Å². The van der Waals surface area contributed by atoms with E-state index in [0.717, 1.165) is 24.1 Å². The van der Waals surface area contributed by atoms with Crippen LogP contribution in [0.4, 0.5) is 5.69 Å². The van der Waals surface area contributed by atoms with E-state index in [9.17, 15) is 4.79 Å². The summed E-state index contributed by atoms with van der Waals surface area (Å²) < 4.78 is 0. The van der Waals surface area contributed by atoms with Gasteiger partial charge in [-0.25, -0.2) is 0 Å². The Morgan fingerprint density at radius 3 is 2.58 bits per heavy atom. The van der Waals surface area contributed by atoms with Crippen molar-refractivity contribution in [2.75, 3.05) is 5.73 Å². The minimum absolute atomic E-state index is 0.0849. The largest absolute Gasteiger partial charge is 0.399 e. The number of hydrogen-bond donors (Lipinski definition) is 1. The number of nitrogen functional groups attached to an aromatic ring is 1. The van der Waals surface area contributed by atoms with Crippen LogP contribution < -0.4 is 5.73 Å². The van der Waals surface area contributed by atoms with Gasteiger partial charge in [-0.15, -0.1) is 0 Å². The summed E-state index contributed by atoms with van der Waals surface area (Å²) in [7, 11) is 0. The third-order valence-electron chi connectivity index (χ3n) is 3.96. The van der Waals surface area contributed by atoms with E-state index >= 15 is 0 Å². The van der Waals surface area contributed by atoms with Crippen molar-refractivity contribution >= 4 is 11.6 Å². The molecule has 1 amide bonds. The third-order valence-corrected chi connectivity index (χ3v) is 3.96. The average Bonchev–Trinajstić information content (AvgIpc) is 3.18. The standard InChI is InChI=1S/C16H24N2O/c1-11(2)12(3)16(19)18(15-7-8-15)10-13-5-4-6-14(17)9-13/h4-6,9,11-12,15H,7-8,10,17H2,1-3H3. The van der Waals surface area contributed by atoms with Gasteiger partial charge in [-0.2, -0.15) is 0 Å². The second kappa shape index (κ2) is 5.64. The van der Waals surface area contributed by atoms with Crippen molar-refractivity contribution in [2.24, 2.45) is 11.8 Å². The van der Waals surface area contributed by atoms with Crippen LogP contribution in [0.25, 0.3) is 0 Å². The summed E-state index contributed by atoms with van der Waals surface area (Å²) in [6, 6.07) is 8.27. The minimum atomic E-state index is 0.0849. The van der Waals surface area contributed by atoms with Crippen LogP contribution in [0.1, 0.15) is 39.2 Å². The van der Waals surface area contributed by atoms with Crippen molar-refractivity contribution in [3.8, 4) is 0 Å². The van der Waals surface area contributed by atoms with E-state index in [1.54, 1.807) is 0 Å². The fourth-order valence-electron chi connectivity index (χ4n) is 2.21. The fourth-order valence-corrected chi connectivity index (χ4v) is 2.21. The number of carbonyl (C=O) groups excluding carboxylic acids is 1. The molecule has 1 aliphatic rings. The van der Waals surface area contributed by atoms with Gasteiger partial charge in [0.25, 0.3) is 0 Å². The van der Waals surface area contributed by atoms with Crippen molar-refractivity contribution in [3.05, 3.63) is 29.8 Å². The topological polar surface area (TPSA) is 46.3 Å². The summed E-state index contributed by atoms with van der Waals surface area (Å²) in [6.45, 7) is 6.93. The molecular weight excluding hydrogens is 236 g/mol. The number of nitrogens with zero attached hydrogens (tertiary/aromatic N) is 1. The Morgan fingerprint density at radius 1 is 1.37 bits per heavy atom. The van der Waals surface area contributed by atoms with Crippen LogP contribution in [-0.2, 0) is 11.3 Å². The molecule has 1 aromatic carbocycles. The lowest BCUT2D eigenvalue weighted by molar-refractivity contribution is -0.137. The predicted octanol–water partition coefficient (Wildman–Crippen LogP) is 3.05. The maximum absolute atomic E-state index is 12.6. The molecule has 104 valence electrons. The zero-order chi connectivity index (χ0) is 14.0. The van der Waals surface area contributed by atoms with Gasteiger partial charge in [-0.05, 0) is 36.5 Å². The quantitative estimate of drug-likeness (QED) is 0.827. The average molecular weight is 260 g/mol. The van der Waals surface area contributed by atoms with Gasteiger partial charge < -0.3 is 10.6 Å². The minimum Gasteiger partial charge on any atom is -0.399 e. The van der Waals surface area contributed by atoms with Crippen LogP contribution in [0.5, 0.6) is 0 Å². The molecule has 0 saturated heterocycles. The molecule has 0 aliphatic heterocycles. The second-order valence-electron chi connectivity index (χ2n) is 5.98. The number of nitrogens with two attached hydrogens (primary N) is 1. The summed E-state index contributed by atoms with van der Waals surface area (Å²) in [5.41, 5.74) is 7.69. The molecule has 1 aromatic rings. The summed E-state index contributed by atoms with van der Waals surface area (Å²) in [5, 5.41) is 0. The Balaban J connectivity index is 2.10. The van der Waals surface area contributed by atoms with Gasteiger partial charge in [0.05, 0.1) is 0 Å². The maximum atomic E-state index is 12.6. The van der Waals surface area contributed by atoms with Gasteiger partial charge in [0, 0.05) is 24.2 Å². The Hall–Kier alpha value is -1.51. The molecule has 1 saturated carbocycles. The summed E-state index contributed by atoms with van der Waals surface area (Å²) in [5.74, 6) is 0.746. The van der Waals surface area contributed by atoms with Crippen molar-refractivity contribution < 1.29 is 4.79 Å². The zero-order valence-corrected chi connectivity index (χ0v) is 12.1. The van der Waals surface area contributed by atoms with Crippen molar-refractivity contribution in [2.45, 2.75) is 46.2 Å². The summed E-state index contributed by atoms with van der Waals surface area (Å²) >= 11 is 0. The third kappa shape index (κ3) is 3.49. The molecule has 1 unspecified atom stereocenters. The van der Waals surface area contributed by atoms with Crippen molar-refractivity contribution in [3.63, 3.8) is 0 Å². The van der Waals surface area contributed by atoms with E-state index in [2.05, 4.69) is 13.8 Å².